The second kappa shape index (κ2) is 22.0. The molecular formula is C17H40NO6P. The van der Waals surface area contributed by atoms with E-state index in [1.807, 2.05) is 0 Å². The molecule has 154 valence electrons. The van der Waals surface area contributed by atoms with Gasteiger partial charge in [-0.3, -0.25) is 4.52 Å². The second-order valence-electron chi connectivity index (χ2n) is 6.06. The monoisotopic (exact) mass is 385 g/mol. The van der Waals surface area contributed by atoms with Gasteiger partial charge in [0.1, 0.15) is 0 Å². The zero-order valence-electron chi connectivity index (χ0n) is 15.9. The molecule has 0 heterocycles. The standard InChI is InChI=1S/C13H29O4P.C4H11NO2/c1-2-3-4-5-6-7-8-9-10-11-12-13-17-18(14,15)16;6-3-1-5-2-4-7/h2-13H2,1H3,(H2,14,15,16);5-7H,1-4H2. The first-order valence-electron chi connectivity index (χ1n) is 9.60. The van der Waals surface area contributed by atoms with Gasteiger partial charge in [-0.25, -0.2) is 4.57 Å². The summed E-state index contributed by atoms with van der Waals surface area (Å²) >= 11 is 0. The van der Waals surface area contributed by atoms with E-state index in [2.05, 4.69) is 16.8 Å². The lowest BCUT2D eigenvalue weighted by molar-refractivity contribution is 0.193. The molecule has 0 spiro atoms. The van der Waals surface area contributed by atoms with Gasteiger partial charge < -0.3 is 25.3 Å². The van der Waals surface area contributed by atoms with Crippen molar-refractivity contribution in [1.82, 2.24) is 5.32 Å². The molecule has 0 unspecified atom stereocenters. The van der Waals surface area contributed by atoms with Gasteiger partial charge in [0, 0.05) is 13.1 Å². The fraction of sp³-hybridized carbons (Fsp3) is 1.00. The summed E-state index contributed by atoms with van der Waals surface area (Å²) in [5.74, 6) is 0. The fourth-order valence-corrected chi connectivity index (χ4v) is 2.60. The summed E-state index contributed by atoms with van der Waals surface area (Å²) < 4.78 is 14.8. The Morgan fingerprint density at radius 3 is 1.52 bits per heavy atom. The molecule has 0 aliphatic rings. The summed E-state index contributed by atoms with van der Waals surface area (Å²) in [7, 11) is -4.25. The molecule has 0 aromatic rings. The van der Waals surface area contributed by atoms with Crippen LogP contribution in [0.4, 0.5) is 0 Å². The van der Waals surface area contributed by atoms with Crippen molar-refractivity contribution in [1.29, 1.82) is 0 Å². The summed E-state index contributed by atoms with van der Waals surface area (Å²) in [6, 6.07) is 0. The fourth-order valence-electron chi connectivity index (χ4n) is 2.23. The number of phosphoric acid groups is 1. The number of nitrogens with one attached hydrogen (secondary N) is 1. The number of hydrogen-bond donors (Lipinski definition) is 5. The smallest absolute Gasteiger partial charge is 0.395 e. The molecule has 8 heteroatoms. The minimum absolute atomic E-state index is 0.139. The van der Waals surface area contributed by atoms with E-state index in [-0.39, 0.29) is 19.8 Å². The average molecular weight is 385 g/mol. The van der Waals surface area contributed by atoms with Gasteiger partial charge in [-0.2, -0.15) is 0 Å². The van der Waals surface area contributed by atoms with Crippen LogP contribution in [0.1, 0.15) is 77.6 Å². The van der Waals surface area contributed by atoms with E-state index in [0.29, 0.717) is 13.1 Å². The van der Waals surface area contributed by atoms with Crippen LogP contribution in [0.2, 0.25) is 0 Å². The summed E-state index contributed by atoms with van der Waals surface area (Å²) in [6.07, 6.45) is 13.5. The first-order chi connectivity index (χ1) is 12.0. The molecule has 5 N–H and O–H groups in total. The molecule has 0 fully saturated rings. The molecule has 0 saturated carbocycles. The number of aliphatic hydroxyl groups excluding tert-OH is 2. The molecule has 7 nitrogen and oxygen atoms in total. The highest BCUT2D eigenvalue weighted by Gasteiger charge is 2.12. The molecule has 0 aliphatic carbocycles. The Balaban J connectivity index is 0. The third kappa shape index (κ3) is 32.2. The highest BCUT2D eigenvalue weighted by Crippen LogP contribution is 2.35. The van der Waals surface area contributed by atoms with Crippen LogP contribution in [0.3, 0.4) is 0 Å². The van der Waals surface area contributed by atoms with Gasteiger partial charge >= 0.3 is 7.82 Å². The highest BCUT2D eigenvalue weighted by molar-refractivity contribution is 7.46. The largest absolute Gasteiger partial charge is 0.469 e. The van der Waals surface area contributed by atoms with Gasteiger partial charge in [-0.05, 0) is 6.42 Å². The Morgan fingerprint density at radius 1 is 0.760 bits per heavy atom. The molecular weight excluding hydrogens is 345 g/mol. The maximum absolute atomic E-state index is 10.4. The lowest BCUT2D eigenvalue weighted by Gasteiger charge is -2.05. The van der Waals surface area contributed by atoms with E-state index < -0.39 is 7.82 Å². The predicted octanol–water partition coefficient (Wildman–Crippen LogP) is 2.97. The lowest BCUT2D eigenvalue weighted by Crippen LogP contribution is -2.21. The van der Waals surface area contributed by atoms with Crippen molar-refractivity contribution in [3.05, 3.63) is 0 Å². The molecule has 0 aromatic heterocycles. The predicted molar refractivity (Wildman–Crippen MR) is 101 cm³/mol. The van der Waals surface area contributed by atoms with Gasteiger partial charge in [0.05, 0.1) is 19.8 Å². The number of phosphoric ester groups is 1. The number of aliphatic hydroxyl groups is 2. The van der Waals surface area contributed by atoms with E-state index in [4.69, 9.17) is 20.0 Å². The maximum atomic E-state index is 10.4. The Labute approximate surface area is 153 Å². The zero-order valence-corrected chi connectivity index (χ0v) is 16.8. The number of unbranched alkanes of at least 4 members (excludes halogenated alkanes) is 10. The van der Waals surface area contributed by atoms with Gasteiger partial charge in [-0.1, -0.05) is 71.1 Å². The molecule has 0 atom stereocenters. The lowest BCUT2D eigenvalue weighted by atomic mass is 10.1. The van der Waals surface area contributed by atoms with Crippen LogP contribution in [-0.2, 0) is 9.09 Å². The van der Waals surface area contributed by atoms with Gasteiger partial charge in [-0.15, -0.1) is 0 Å². The minimum Gasteiger partial charge on any atom is -0.395 e. The van der Waals surface area contributed by atoms with Crippen LogP contribution in [0, 0.1) is 0 Å². The molecule has 0 amide bonds. The van der Waals surface area contributed by atoms with Crippen molar-refractivity contribution < 1.29 is 29.1 Å². The Morgan fingerprint density at radius 2 is 1.16 bits per heavy atom. The van der Waals surface area contributed by atoms with Crippen molar-refractivity contribution in [3.63, 3.8) is 0 Å². The zero-order chi connectivity index (χ0) is 19.2. The van der Waals surface area contributed by atoms with E-state index >= 15 is 0 Å². The van der Waals surface area contributed by atoms with E-state index in [1.165, 1.54) is 51.4 Å². The Bertz CT molecular complexity index is 284. The van der Waals surface area contributed by atoms with Crippen molar-refractivity contribution >= 4 is 7.82 Å². The topological polar surface area (TPSA) is 119 Å². The van der Waals surface area contributed by atoms with Crippen LogP contribution >= 0.6 is 7.82 Å². The first kappa shape index (κ1) is 27.2. The summed E-state index contributed by atoms with van der Waals surface area (Å²) in [5, 5.41) is 19.1. The molecule has 0 radical (unpaired) electrons. The van der Waals surface area contributed by atoms with Crippen molar-refractivity contribution in [2.24, 2.45) is 0 Å². The van der Waals surface area contributed by atoms with Crippen molar-refractivity contribution in [3.8, 4) is 0 Å². The molecule has 0 aliphatic heterocycles. The van der Waals surface area contributed by atoms with E-state index in [1.54, 1.807) is 0 Å². The third-order valence-corrected chi connectivity index (χ3v) is 4.10. The van der Waals surface area contributed by atoms with Gasteiger partial charge in [0.15, 0.2) is 0 Å². The first-order valence-corrected chi connectivity index (χ1v) is 11.1. The maximum Gasteiger partial charge on any atom is 0.469 e. The molecule has 25 heavy (non-hydrogen) atoms. The molecule has 0 saturated heterocycles. The minimum atomic E-state index is -4.25. The molecule has 0 aromatic carbocycles. The van der Waals surface area contributed by atoms with Crippen LogP contribution < -0.4 is 5.32 Å². The second-order valence-corrected chi connectivity index (χ2v) is 7.30. The Kier molecular flexibility index (Phi) is 24.0. The van der Waals surface area contributed by atoms with Crippen molar-refractivity contribution in [2.45, 2.75) is 77.6 Å². The van der Waals surface area contributed by atoms with E-state index in [9.17, 15) is 4.57 Å². The molecule has 0 bridgehead atoms. The SMILES string of the molecule is CCCCCCCCCCCCCOP(=O)(O)O.OCCNCCO. The van der Waals surface area contributed by atoms with Gasteiger partial charge in [0.2, 0.25) is 0 Å². The average Bonchev–Trinajstić information content (AvgIpc) is 2.56. The third-order valence-electron chi connectivity index (χ3n) is 3.58. The highest BCUT2D eigenvalue weighted by atomic mass is 31.2. The molecule has 0 rings (SSSR count). The summed E-state index contributed by atoms with van der Waals surface area (Å²) in [6.45, 7) is 3.82. The van der Waals surface area contributed by atoms with E-state index in [0.717, 1.165) is 19.3 Å². The van der Waals surface area contributed by atoms with Crippen molar-refractivity contribution in [2.75, 3.05) is 32.9 Å². The summed E-state index contributed by atoms with van der Waals surface area (Å²) in [4.78, 5) is 16.9. The normalized spacial score (nSPS) is 11.2. The Hall–Kier alpha value is -0.0100. The number of hydrogen-bond acceptors (Lipinski definition) is 5. The number of rotatable bonds is 17. The van der Waals surface area contributed by atoms with Gasteiger partial charge in [0.25, 0.3) is 0 Å². The summed E-state index contributed by atoms with van der Waals surface area (Å²) in [5.41, 5.74) is 0. The van der Waals surface area contributed by atoms with Crippen LogP contribution in [0.15, 0.2) is 0 Å². The van der Waals surface area contributed by atoms with Crippen LogP contribution in [0.25, 0.3) is 0 Å². The van der Waals surface area contributed by atoms with Crippen LogP contribution in [-0.4, -0.2) is 52.9 Å². The van der Waals surface area contributed by atoms with Crippen LogP contribution in [0.5, 0.6) is 0 Å². The quantitative estimate of drug-likeness (QED) is 0.193.